The smallest absolute Gasteiger partial charge is 0.101 e. The maximum absolute atomic E-state index is 8.73. The molecule has 0 saturated heterocycles. The highest BCUT2D eigenvalue weighted by atomic mass is 14.7. The molecule has 2 nitrogen and oxygen atoms in total. The Hall–Kier alpha value is -1.36. The van der Waals surface area contributed by atoms with Crippen molar-refractivity contribution in [2.75, 3.05) is 0 Å². The Bertz CT molecular complexity index is 337. The highest BCUT2D eigenvalue weighted by Crippen LogP contribution is 2.08. The van der Waals surface area contributed by atoms with Crippen LogP contribution in [0.5, 0.6) is 0 Å². The molecule has 0 fully saturated rings. The lowest BCUT2D eigenvalue weighted by Crippen LogP contribution is -1.95. The van der Waals surface area contributed by atoms with Gasteiger partial charge in [-0.15, -0.1) is 0 Å². The van der Waals surface area contributed by atoms with Gasteiger partial charge in [-0.1, -0.05) is 19.8 Å². The fourth-order valence-electron chi connectivity index (χ4n) is 1.43. The molecule has 0 bridgehead atoms. The highest BCUT2D eigenvalue weighted by molar-refractivity contribution is 5.33. The molecule has 1 heterocycles. The second-order valence-electron chi connectivity index (χ2n) is 3.50. The molecule has 0 aliphatic carbocycles. The fourth-order valence-corrected chi connectivity index (χ4v) is 1.43. The first kappa shape index (κ1) is 10.7. The predicted molar refractivity (Wildman–Crippen MR) is 56.9 cm³/mol. The van der Waals surface area contributed by atoms with Gasteiger partial charge in [0.05, 0.1) is 11.3 Å². The van der Waals surface area contributed by atoms with Crippen LogP contribution in [0.1, 0.15) is 43.1 Å². The maximum Gasteiger partial charge on any atom is 0.101 e. The molecular formula is C12H16N2. The number of unbranched alkanes of at least 4 members (excludes halogenated alkanes) is 2. The molecule has 0 amide bonds. The Morgan fingerprint density at radius 1 is 1.36 bits per heavy atom. The summed E-state index contributed by atoms with van der Waals surface area (Å²) in [5.41, 5.74) is 2.64. The molecule has 0 saturated carbocycles. The van der Waals surface area contributed by atoms with Gasteiger partial charge in [-0.3, -0.25) is 4.98 Å². The number of nitrogens with zero attached hydrogens (tertiary/aromatic N) is 2. The zero-order valence-electron chi connectivity index (χ0n) is 8.88. The Balaban J connectivity index is 2.63. The van der Waals surface area contributed by atoms with Crippen molar-refractivity contribution in [2.45, 2.75) is 39.5 Å². The zero-order chi connectivity index (χ0) is 10.4. The van der Waals surface area contributed by atoms with E-state index in [0.29, 0.717) is 5.56 Å². The first-order valence-corrected chi connectivity index (χ1v) is 5.14. The molecule has 0 atom stereocenters. The van der Waals surface area contributed by atoms with E-state index in [1.54, 1.807) is 0 Å². The van der Waals surface area contributed by atoms with E-state index in [1.165, 1.54) is 19.3 Å². The average molecular weight is 188 g/mol. The third-order valence-corrected chi connectivity index (χ3v) is 2.30. The van der Waals surface area contributed by atoms with Crippen LogP contribution in [0.15, 0.2) is 12.1 Å². The van der Waals surface area contributed by atoms with Crippen LogP contribution in [0.3, 0.4) is 0 Å². The summed E-state index contributed by atoms with van der Waals surface area (Å²) in [5.74, 6) is 0. The van der Waals surface area contributed by atoms with Crippen LogP contribution in [0.2, 0.25) is 0 Å². The topological polar surface area (TPSA) is 36.7 Å². The van der Waals surface area contributed by atoms with E-state index in [2.05, 4.69) is 18.0 Å². The molecule has 0 N–H and O–H groups in total. The van der Waals surface area contributed by atoms with Gasteiger partial charge < -0.3 is 0 Å². The number of rotatable bonds is 4. The van der Waals surface area contributed by atoms with Gasteiger partial charge in [0.25, 0.3) is 0 Å². The first-order valence-electron chi connectivity index (χ1n) is 5.14. The van der Waals surface area contributed by atoms with Crippen LogP contribution < -0.4 is 0 Å². The van der Waals surface area contributed by atoms with E-state index in [4.69, 9.17) is 5.26 Å². The van der Waals surface area contributed by atoms with Gasteiger partial charge in [0.2, 0.25) is 0 Å². The lowest BCUT2D eigenvalue weighted by atomic mass is 10.1. The third kappa shape index (κ3) is 2.85. The summed E-state index contributed by atoms with van der Waals surface area (Å²) in [6.45, 7) is 4.08. The van der Waals surface area contributed by atoms with Crippen molar-refractivity contribution in [3.05, 3.63) is 29.1 Å². The molecule has 0 aliphatic rings. The van der Waals surface area contributed by atoms with Crippen LogP contribution in [0.4, 0.5) is 0 Å². The molecule has 14 heavy (non-hydrogen) atoms. The van der Waals surface area contributed by atoms with Gasteiger partial charge in [-0.25, -0.2) is 0 Å². The standard InChI is InChI=1S/C12H16N2/c1-3-4-5-6-12-8-7-11(9-13)10(2)14-12/h7-8H,3-6H2,1-2H3. The number of nitriles is 1. The van der Waals surface area contributed by atoms with Gasteiger partial charge >= 0.3 is 0 Å². The molecular weight excluding hydrogens is 172 g/mol. The minimum atomic E-state index is 0.684. The van der Waals surface area contributed by atoms with Crippen LogP contribution in [0, 0.1) is 18.3 Å². The third-order valence-electron chi connectivity index (χ3n) is 2.30. The lowest BCUT2D eigenvalue weighted by Gasteiger charge is -2.02. The Morgan fingerprint density at radius 3 is 2.71 bits per heavy atom. The summed E-state index contributed by atoms with van der Waals surface area (Å²) in [6, 6.07) is 5.95. The van der Waals surface area contributed by atoms with Gasteiger partial charge in [0.1, 0.15) is 6.07 Å². The molecule has 0 radical (unpaired) electrons. The van der Waals surface area contributed by atoms with E-state index in [0.717, 1.165) is 17.8 Å². The maximum atomic E-state index is 8.73. The Labute approximate surface area is 85.6 Å². The summed E-state index contributed by atoms with van der Waals surface area (Å²) in [6.07, 6.45) is 4.70. The Morgan fingerprint density at radius 2 is 2.14 bits per heavy atom. The van der Waals surface area contributed by atoms with Gasteiger partial charge in [-0.05, 0) is 31.9 Å². The fraction of sp³-hybridized carbons (Fsp3) is 0.500. The molecule has 1 aromatic rings. The van der Waals surface area contributed by atoms with E-state index in [9.17, 15) is 0 Å². The number of pyridine rings is 1. The molecule has 74 valence electrons. The van der Waals surface area contributed by atoms with E-state index >= 15 is 0 Å². The number of aromatic nitrogens is 1. The van der Waals surface area contributed by atoms with Gasteiger partial charge in [0, 0.05) is 5.69 Å². The SMILES string of the molecule is CCCCCc1ccc(C#N)c(C)n1. The van der Waals surface area contributed by atoms with Gasteiger partial charge in [0.15, 0.2) is 0 Å². The van der Waals surface area contributed by atoms with E-state index < -0.39 is 0 Å². The summed E-state index contributed by atoms with van der Waals surface area (Å²) in [4.78, 5) is 4.39. The van der Waals surface area contributed by atoms with Crippen molar-refractivity contribution in [1.29, 1.82) is 5.26 Å². The largest absolute Gasteiger partial charge is 0.257 e. The molecule has 0 aliphatic heterocycles. The van der Waals surface area contributed by atoms with Crippen molar-refractivity contribution in [3.8, 4) is 6.07 Å². The van der Waals surface area contributed by atoms with Crippen LogP contribution in [-0.2, 0) is 6.42 Å². The zero-order valence-corrected chi connectivity index (χ0v) is 8.88. The van der Waals surface area contributed by atoms with Gasteiger partial charge in [-0.2, -0.15) is 5.26 Å². The van der Waals surface area contributed by atoms with E-state index in [1.807, 2.05) is 19.1 Å². The first-order chi connectivity index (χ1) is 6.77. The second kappa shape index (κ2) is 5.39. The molecule has 1 aromatic heterocycles. The monoisotopic (exact) mass is 188 g/mol. The van der Waals surface area contributed by atoms with Crippen molar-refractivity contribution < 1.29 is 0 Å². The normalized spacial score (nSPS) is 9.79. The van der Waals surface area contributed by atoms with Crippen molar-refractivity contribution in [3.63, 3.8) is 0 Å². The molecule has 0 unspecified atom stereocenters. The van der Waals surface area contributed by atoms with Crippen molar-refractivity contribution in [2.24, 2.45) is 0 Å². The van der Waals surface area contributed by atoms with Crippen molar-refractivity contribution >= 4 is 0 Å². The van der Waals surface area contributed by atoms with E-state index in [-0.39, 0.29) is 0 Å². The minimum absolute atomic E-state index is 0.684. The number of aryl methyl sites for hydroxylation is 2. The van der Waals surface area contributed by atoms with Crippen LogP contribution in [0.25, 0.3) is 0 Å². The molecule has 0 spiro atoms. The minimum Gasteiger partial charge on any atom is -0.257 e. The summed E-state index contributed by atoms with van der Waals surface area (Å²) in [5, 5.41) is 8.73. The quantitative estimate of drug-likeness (QED) is 0.681. The average Bonchev–Trinajstić information content (AvgIpc) is 2.18. The highest BCUT2D eigenvalue weighted by Gasteiger charge is 2.00. The van der Waals surface area contributed by atoms with Crippen LogP contribution >= 0.6 is 0 Å². The summed E-state index contributed by atoms with van der Waals surface area (Å²) < 4.78 is 0. The molecule has 2 heteroatoms. The predicted octanol–water partition coefficient (Wildman–Crippen LogP) is 2.99. The lowest BCUT2D eigenvalue weighted by molar-refractivity contribution is 0.706. The summed E-state index contributed by atoms with van der Waals surface area (Å²) >= 11 is 0. The second-order valence-corrected chi connectivity index (χ2v) is 3.50. The van der Waals surface area contributed by atoms with Crippen molar-refractivity contribution in [1.82, 2.24) is 4.98 Å². The Kier molecular flexibility index (Phi) is 4.12. The number of hydrogen-bond donors (Lipinski definition) is 0. The summed E-state index contributed by atoms with van der Waals surface area (Å²) in [7, 11) is 0. The molecule has 1 rings (SSSR count). The van der Waals surface area contributed by atoms with Crippen LogP contribution in [-0.4, -0.2) is 4.98 Å². The number of hydrogen-bond acceptors (Lipinski definition) is 2. The molecule has 0 aromatic carbocycles.